The van der Waals surface area contributed by atoms with Gasteiger partial charge in [-0.2, -0.15) is 0 Å². The Morgan fingerprint density at radius 1 is 1.26 bits per heavy atom. The van der Waals surface area contributed by atoms with E-state index < -0.39 is 11.7 Å². The van der Waals surface area contributed by atoms with Crippen molar-refractivity contribution in [1.29, 1.82) is 0 Å². The molecule has 2 aromatic heterocycles. The third kappa shape index (κ3) is 3.83. The van der Waals surface area contributed by atoms with E-state index in [2.05, 4.69) is 10.3 Å². The third-order valence-corrected chi connectivity index (χ3v) is 4.37. The molecule has 1 fully saturated rings. The van der Waals surface area contributed by atoms with E-state index in [1.165, 1.54) is 12.3 Å². The summed E-state index contributed by atoms with van der Waals surface area (Å²) in [6, 6.07) is 10.1. The van der Waals surface area contributed by atoms with E-state index in [9.17, 15) is 9.59 Å². The van der Waals surface area contributed by atoms with E-state index in [0.29, 0.717) is 29.5 Å². The van der Waals surface area contributed by atoms with Crippen LogP contribution >= 0.6 is 0 Å². The Bertz CT molecular complexity index is 1040. The SMILES string of the molecule is Cc1cc(=O)oc2cc(Oc3ccc(NC(=O)C4CCCO4)cn3)ccc12. The number of benzene rings is 1. The third-order valence-electron chi connectivity index (χ3n) is 4.37. The Kier molecular flexibility index (Phi) is 4.60. The van der Waals surface area contributed by atoms with E-state index in [1.807, 2.05) is 13.0 Å². The minimum atomic E-state index is -0.401. The van der Waals surface area contributed by atoms with Gasteiger partial charge >= 0.3 is 5.63 Å². The lowest BCUT2D eigenvalue weighted by molar-refractivity contribution is -0.124. The number of hydrogen-bond acceptors (Lipinski definition) is 6. The van der Waals surface area contributed by atoms with Gasteiger partial charge in [0.1, 0.15) is 17.4 Å². The van der Waals surface area contributed by atoms with Gasteiger partial charge < -0.3 is 19.2 Å². The Balaban J connectivity index is 1.47. The van der Waals surface area contributed by atoms with Crippen molar-refractivity contribution in [1.82, 2.24) is 4.98 Å². The van der Waals surface area contributed by atoms with Crippen LogP contribution < -0.4 is 15.7 Å². The molecule has 27 heavy (non-hydrogen) atoms. The maximum Gasteiger partial charge on any atom is 0.336 e. The Morgan fingerprint density at radius 3 is 2.89 bits per heavy atom. The molecule has 1 amide bonds. The highest BCUT2D eigenvalue weighted by Gasteiger charge is 2.23. The monoisotopic (exact) mass is 366 g/mol. The summed E-state index contributed by atoms with van der Waals surface area (Å²) in [4.78, 5) is 27.8. The number of ether oxygens (including phenoxy) is 2. The number of nitrogens with one attached hydrogen (secondary N) is 1. The molecule has 1 aliphatic heterocycles. The summed E-state index contributed by atoms with van der Waals surface area (Å²) in [6.45, 7) is 2.47. The minimum absolute atomic E-state index is 0.164. The van der Waals surface area contributed by atoms with Gasteiger partial charge in [0.25, 0.3) is 5.91 Å². The van der Waals surface area contributed by atoms with Gasteiger partial charge in [0.2, 0.25) is 5.88 Å². The zero-order valence-electron chi connectivity index (χ0n) is 14.7. The largest absolute Gasteiger partial charge is 0.439 e. The van der Waals surface area contributed by atoms with Crippen LogP contribution in [0.25, 0.3) is 11.0 Å². The van der Waals surface area contributed by atoms with Crippen molar-refractivity contribution in [3.63, 3.8) is 0 Å². The molecule has 138 valence electrons. The number of nitrogens with zero attached hydrogens (tertiary/aromatic N) is 1. The summed E-state index contributed by atoms with van der Waals surface area (Å²) >= 11 is 0. The Hall–Kier alpha value is -3.19. The van der Waals surface area contributed by atoms with Crippen LogP contribution in [0.4, 0.5) is 5.69 Å². The summed E-state index contributed by atoms with van der Waals surface area (Å²) in [7, 11) is 0. The first-order valence-electron chi connectivity index (χ1n) is 8.69. The zero-order valence-corrected chi connectivity index (χ0v) is 14.7. The summed E-state index contributed by atoms with van der Waals surface area (Å²) in [5.41, 5.74) is 1.47. The fourth-order valence-corrected chi connectivity index (χ4v) is 3.01. The van der Waals surface area contributed by atoms with Crippen molar-refractivity contribution in [3.05, 3.63) is 58.6 Å². The fourth-order valence-electron chi connectivity index (χ4n) is 3.01. The second kappa shape index (κ2) is 7.20. The molecule has 7 heteroatoms. The number of anilines is 1. The zero-order chi connectivity index (χ0) is 18.8. The molecule has 0 spiro atoms. The molecule has 7 nitrogen and oxygen atoms in total. The molecular weight excluding hydrogens is 348 g/mol. The first-order chi connectivity index (χ1) is 13.1. The number of fused-ring (bicyclic) bond motifs is 1. The Labute approximate surface area is 154 Å². The number of carbonyl (C=O) groups is 1. The van der Waals surface area contributed by atoms with Crippen molar-refractivity contribution in [2.24, 2.45) is 0 Å². The van der Waals surface area contributed by atoms with Crippen molar-refractivity contribution >= 4 is 22.6 Å². The van der Waals surface area contributed by atoms with Crippen LogP contribution in [0.1, 0.15) is 18.4 Å². The summed E-state index contributed by atoms with van der Waals surface area (Å²) in [5, 5.41) is 3.63. The number of aryl methyl sites for hydroxylation is 1. The van der Waals surface area contributed by atoms with Gasteiger partial charge in [-0.15, -0.1) is 0 Å². The van der Waals surface area contributed by atoms with Gasteiger partial charge in [0.15, 0.2) is 0 Å². The summed E-state index contributed by atoms with van der Waals surface area (Å²) in [5.74, 6) is 0.697. The van der Waals surface area contributed by atoms with Crippen LogP contribution in [0.2, 0.25) is 0 Å². The highest BCUT2D eigenvalue weighted by Crippen LogP contribution is 2.26. The second-order valence-corrected chi connectivity index (χ2v) is 6.38. The molecule has 3 aromatic rings. The van der Waals surface area contributed by atoms with Gasteiger partial charge in [-0.3, -0.25) is 4.79 Å². The molecule has 0 radical (unpaired) electrons. The molecule has 4 rings (SSSR count). The lowest BCUT2D eigenvalue weighted by Gasteiger charge is -2.11. The Morgan fingerprint density at radius 2 is 2.15 bits per heavy atom. The molecular formula is C20H18N2O5. The molecule has 1 unspecified atom stereocenters. The van der Waals surface area contributed by atoms with E-state index in [0.717, 1.165) is 23.8 Å². The molecule has 3 heterocycles. The molecule has 1 atom stereocenters. The van der Waals surface area contributed by atoms with E-state index in [-0.39, 0.29) is 5.91 Å². The van der Waals surface area contributed by atoms with E-state index >= 15 is 0 Å². The van der Waals surface area contributed by atoms with Crippen LogP contribution in [-0.4, -0.2) is 23.6 Å². The van der Waals surface area contributed by atoms with E-state index in [4.69, 9.17) is 13.9 Å². The first kappa shape index (κ1) is 17.2. The number of hydrogen-bond donors (Lipinski definition) is 1. The highest BCUT2D eigenvalue weighted by molar-refractivity contribution is 5.94. The number of aromatic nitrogens is 1. The van der Waals surface area contributed by atoms with Crippen LogP contribution in [0.15, 0.2) is 51.8 Å². The van der Waals surface area contributed by atoms with Gasteiger partial charge in [-0.25, -0.2) is 9.78 Å². The van der Waals surface area contributed by atoms with Crippen molar-refractivity contribution in [2.45, 2.75) is 25.9 Å². The average molecular weight is 366 g/mol. The molecule has 1 saturated heterocycles. The molecule has 1 aliphatic rings. The van der Waals surface area contributed by atoms with Gasteiger partial charge in [0, 0.05) is 30.2 Å². The first-order valence-corrected chi connectivity index (χ1v) is 8.69. The van der Waals surface area contributed by atoms with Crippen LogP contribution in [0.5, 0.6) is 11.6 Å². The topological polar surface area (TPSA) is 90.7 Å². The normalized spacial score (nSPS) is 16.4. The van der Waals surface area contributed by atoms with Crippen molar-refractivity contribution in [3.8, 4) is 11.6 Å². The maximum atomic E-state index is 12.0. The van der Waals surface area contributed by atoms with Gasteiger partial charge in [-0.1, -0.05) is 0 Å². The van der Waals surface area contributed by atoms with Crippen molar-refractivity contribution in [2.75, 3.05) is 11.9 Å². The standard InChI is InChI=1S/C20H18N2O5/c1-12-9-19(23)27-17-10-14(5-6-15(12)17)26-18-7-4-13(11-21-18)22-20(24)16-3-2-8-25-16/h4-7,9-11,16H,2-3,8H2,1H3,(H,22,24). The van der Waals surface area contributed by atoms with Crippen LogP contribution in [-0.2, 0) is 9.53 Å². The lowest BCUT2D eigenvalue weighted by atomic mass is 10.1. The predicted molar refractivity (Wildman–Crippen MR) is 99.1 cm³/mol. The number of amides is 1. The van der Waals surface area contributed by atoms with E-state index in [1.54, 1.807) is 24.3 Å². The molecule has 0 aliphatic carbocycles. The smallest absolute Gasteiger partial charge is 0.336 e. The minimum Gasteiger partial charge on any atom is -0.439 e. The maximum absolute atomic E-state index is 12.0. The molecule has 1 N–H and O–H groups in total. The second-order valence-electron chi connectivity index (χ2n) is 6.38. The summed E-state index contributed by atoms with van der Waals surface area (Å²) < 4.78 is 16.3. The van der Waals surface area contributed by atoms with Crippen molar-refractivity contribution < 1.29 is 18.7 Å². The van der Waals surface area contributed by atoms with Gasteiger partial charge in [-0.05, 0) is 43.5 Å². The van der Waals surface area contributed by atoms with Crippen LogP contribution in [0.3, 0.4) is 0 Å². The van der Waals surface area contributed by atoms with Crippen LogP contribution in [0, 0.1) is 6.92 Å². The number of rotatable bonds is 4. The molecule has 0 saturated carbocycles. The molecule has 1 aromatic carbocycles. The fraction of sp³-hybridized carbons (Fsp3) is 0.250. The lowest BCUT2D eigenvalue weighted by Crippen LogP contribution is -2.26. The van der Waals surface area contributed by atoms with Gasteiger partial charge in [0.05, 0.1) is 11.9 Å². The number of pyridine rings is 1. The predicted octanol–water partition coefficient (Wildman–Crippen LogP) is 3.41. The number of carbonyl (C=O) groups excluding carboxylic acids is 1. The highest BCUT2D eigenvalue weighted by atomic mass is 16.5. The quantitative estimate of drug-likeness (QED) is 0.712. The summed E-state index contributed by atoms with van der Waals surface area (Å²) in [6.07, 6.45) is 2.76. The average Bonchev–Trinajstić information content (AvgIpc) is 3.18. The molecule has 0 bridgehead atoms.